The Morgan fingerprint density at radius 1 is 1.12 bits per heavy atom. The molecule has 4 nitrogen and oxygen atoms in total. The molecule has 0 saturated heterocycles. The summed E-state index contributed by atoms with van der Waals surface area (Å²) in [6.45, 7) is 2.46. The van der Waals surface area contributed by atoms with Crippen LogP contribution in [0.2, 0.25) is 0 Å². The molecule has 17 heavy (non-hydrogen) atoms. The molecule has 0 fully saturated rings. The maximum Gasteiger partial charge on any atom is 0.238 e. The summed E-state index contributed by atoms with van der Waals surface area (Å²) in [5.74, 6) is 0.714. The molecular formula is C12H13NO3S. The van der Waals surface area contributed by atoms with Crippen molar-refractivity contribution in [3.8, 4) is 5.75 Å². The van der Waals surface area contributed by atoms with Crippen LogP contribution >= 0.6 is 0 Å². The van der Waals surface area contributed by atoms with Crippen LogP contribution in [0, 0.1) is 0 Å². The van der Waals surface area contributed by atoms with E-state index < -0.39 is 10.0 Å². The highest BCUT2D eigenvalue weighted by Gasteiger charge is 2.08. The molecule has 0 aliphatic carbocycles. The molecule has 5 heteroatoms. The molecule has 2 rings (SSSR count). The standard InChI is InChI=1S/C12H13NO3S/c1-2-16-11-5-3-9-4-6-12(17(13,14)15)8-10(9)7-11/h3-8H,2H2,1H3,(H2,13,14,15). The fraction of sp³-hybridized carbons (Fsp3) is 0.167. The van der Waals surface area contributed by atoms with E-state index in [0.717, 1.165) is 10.8 Å². The molecule has 2 N–H and O–H groups in total. The number of nitrogens with two attached hydrogens (primary N) is 1. The molecule has 0 aromatic heterocycles. The molecule has 0 unspecified atom stereocenters. The number of primary sulfonamides is 1. The van der Waals surface area contributed by atoms with E-state index in [9.17, 15) is 8.42 Å². The first-order valence-electron chi connectivity index (χ1n) is 5.20. The minimum atomic E-state index is -3.66. The van der Waals surface area contributed by atoms with Crippen molar-refractivity contribution in [1.29, 1.82) is 0 Å². The van der Waals surface area contributed by atoms with E-state index >= 15 is 0 Å². The van der Waals surface area contributed by atoms with Crippen molar-refractivity contribution in [2.45, 2.75) is 11.8 Å². The SMILES string of the molecule is CCOc1ccc2ccc(S(N)(=O)=O)cc2c1. The topological polar surface area (TPSA) is 69.4 Å². The van der Waals surface area contributed by atoms with Crippen molar-refractivity contribution >= 4 is 20.8 Å². The zero-order valence-electron chi connectivity index (χ0n) is 9.38. The van der Waals surface area contributed by atoms with Crippen LogP contribution in [-0.4, -0.2) is 15.0 Å². The van der Waals surface area contributed by atoms with E-state index in [2.05, 4.69) is 0 Å². The summed E-state index contributed by atoms with van der Waals surface area (Å²) in [5, 5.41) is 6.82. The second kappa shape index (κ2) is 4.35. The molecule has 0 radical (unpaired) electrons. The van der Waals surface area contributed by atoms with E-state index in [1.165, 1.54) is 6.07 Å². The Hall–Kier alpha value is -1.59. The molecule has 0 aliphatic heterocycles. The Balaban J connectivity index is 2.58. The number of benzene rings is 2. The van der Waals surface area contributed by atoms with E-state index in [0.29, 0.717) is 12.4 Å². The highest BCUT2D eigenvalue weighted by atomic mass is 32.2. The highest BCUT2D eigenvalue weighted by molar-refractivity contribution is 7.89. The summed E-state index contributed by atoms with van der Waals surface area (Å²) in [4.78, 5) is 0.110. The average molecular weight is 251 g/mol. The Bertz CT molecular complexity index is 650. The lowest BCUT2D eigenvalue weighted by atomic mass is 10.1. The number of hydrogen-bond acceptors (Lipinski definition) is 3. The smallest absolute Gasteiger partial charge is 0.238 e. The van der Waals surface area contributed by atoms with Crippen LogP contribution in [0.25, 0.3) is 10.8 Å². The van der Waals surface area contributed by atoms with Gasteiger partial charge in [-0.05, 0) is 42.0 Å². The minimum absolute atomic E-state index is 0.110. The lowest BCUT2D eigenvalue weighted by Crippen LogP contribution is -2.11. The summed E-state index contributed by atoms with van der Waals surface area (Å²) >= 11 is 0. The first-order valence-corrected chi connectivity index (χ1v) is 6.75. The second-order valence-electron chi connectivity index (χ2n) is 3.65. The van der Waals surface area contributed by atoms with Gasteiger partial charge in [0, 0.05) is 0 Å². The van der Waals surface area contributed by atoms with Crippen molar-refractivity contribution < 1.29 is 13.2 Å². The van der Waals surface area contributed by atoms with Crippen LogP contribution < -0.4 is 9.88 Å². The van der Waals surface area contributed by atoms with Crippen molar-refractivity contribution in [1.82, 2.24) is 0 Å². The fourth-order valence-corrected chi connectivity index (χ4v) is 2.19. The van der Waals surface area contributed by atoms with Gasteiger partial charge in [0.05, 0.1) is 11.5 Å². The molecule has 0 amide bonds. The predicted molar refractivity (Wildman–Crippen MR) is 66.5 cm³/mol. The van der Waals surface area contributed by atoms with Crippen LogP contribution in [0.1, 0.15) is 6.92 Å². The van der Waals surface area contributed by atoms with Gasteiger partial charge in [0.2, 0.25) is 10.0 Å². The largest absolute Gasteiger partial charge is 0.494 e. The summed E-state index contributed by atoms with van der Waals surface area (Å²) in [7, 11) is -3.66. The lowest BCUT2D eigenvalue weighted by molar-refractivity contribution is 0.341. The van der Waals surface area contributed by atoms with E-state index in [1.54, 1.807) is 18.2 Å². The average Bonchev–Trinajstić information content (AvgIpc) is 2.27. The van der Waals surface area contributed by atoms with Gasteiger partial charge in [-0.1, -0.05) is 12.1 Å². The van der Waals surface area contributed by atoms with Gasteiger partial charge in [-0.25, -0.2) is 13.6 Å². The first-order chi connectivity index (χ1) is 8.00. The van der Waals surface area contributed by atoms with E-state index in [4.69, 9.17) is 9.88 Å². The van der Waals surface area contributed by atoms with E-state index in [1.807, 2.05) is 19.1 Å². The maximum atomic E-state index is 11.2. The number of ether oxygens (including phenoxy) is 1. The maximum absolute atomic E-state index is 11.2. The number of fused-ring (bicyclic) bond motifs is 1. The van der Waals surface area contributed by atoms with Crippen LogP contribution in [0.5, 0.6) is 5.75 Å². The Morgan fingerprint density at radius 3 is 2.47 bits per heavy atom. The van der Waals surface area contributed by atoms with Gasteiger partial charge in [0.15, 0.2) is 0 Å². The van der Waals surface area contributed by atoms with Gasteiger partial charge in [-0.2, -0.15) is 0 Å². The van der Waals surface area contributed by atoms with Gasteiger partial charge < -0.3 is 4.74 Å². The monoisotopic (exact) mass is 251 g/mol. The molecule has 0 saturated carbocycles. The Morgan fingerprint density at radius 2 is 1.82 bits per heavy atom. The third-order valence-electron chi connectivity index (χ3n) is 2.42. The number of sulfonamides is 1. The highest BCUT2D eigenvalue weighted by Crippen LogP contribution is 2.23. The van der Waals surface area contributed by atoms with E-state index in [-0.39, 0.29) is 4.90 Å². The predicted octanol–water partition coefficient (Wildman–Crippen LogP) is 1.89. The van der Waals surface area contributed by atoms with Crippen LogP contribution in [0.3, 0.4) is 0 Å². The van der Waals surface area contributed by atoms with Gasteiger partial charge in [0.25, 0.3) is 0 Å². The summed E-state index contributed by atoms with van der Waals surface area (Å²) in [5.41, 5.74) is 0. The van der Waals surface area contributed by atoms with Crippen molar-refractivity contribution in [3.05, 3.63) is 36.4 Å². The van der Waals surface area contributed by atoms with Crippen molar-refractivity contribution in [2.75, 3.05) is 6.61 Å². The van der Waals surface area contributed by atoms with Crippen molar-refractivity contribution in [3.63, 3.8) is 0 Å². The normalized spacial score (nSPS) is 11.6. The van der Waals surface area contributed by atoms with Crippen LogP contribution in [0.4, 0.5) is 0 Å². The zero-order chi connectivity index (χ0) is 12.5. The second-order valence-corrected chi connectivity index (χ2v) is 5.21. The zero-order valence-corrected chi connectivity index (χ0v) is 10.2. The molecule has 0 spiro atoms. The van der Waals surface area contributed by atoms with Crippen LogP contribution in [0.15, 0.2) is 41.3 Å². The molecule has 0 aliphatic rings. The van der Waals surface area contributed by atoms with Gasteiger partial charge in [-0.3, -0.25) is 0 Å². The first kappa shape index (κ1) is 11.9. The van der Waals surface area contributed by atoms with Gasteiger partial charge >= 0.3 is 0 Å². The summed E-state index contributed by atoms with van der Waals surface area (Å²) in [6, 6.07) is 10.3. The quantitative estimate of drug-likeness (QED) is 0.905. The summed E-state index contributed by atoms with van der Waals surface area (Å²) < 4.78 is 27.8. The van der Waals surface area contributed by atoms with Gasteiger partial charge in [0.1, 0.15) is 5.75 Å². The molecule has 2 aromatic carbocycles. The summed E-state index contributed by atoms with van der Waals surface area (Å²) in [6.07, 6.45) is 0. The molecule has 90 valence electrons. The number of hydrogen-bond donors (Lipinski definition) is 1. The third-order valence-corrected chi connectivity index (χ3v) is 3.33. The Labute approximate surface area is 100 Å². The molecule has 0 heterocycles. The number of rotatable bonds is 3. The Kier molecular flexibility index (Phi) is 3.04. The van der Waals surface area contributed by atoms with Gasteiger partial charge in [-0.15, -0.1) is 0 Å². The lowest BCUT2D eigenvalue weighted by Gasteiger charge is -2.05. The van der Waals surface area contributed by atoms with Crippen molar-refractivity contribution in [2.24, 2.45) is 5.14 Å². The minimum Gasteiger partial charge on any atom is -0.494 e. The fourth-order valence-electron chi connectivity index (χ4n) is 1.64. The molecule has 0 atom stereocenters. The molecule has 2 aromatic rings. The third kappa shape index (κ3) is 2.57. The molecular weight excluding hydrogens is 238 g/mol. The molecule has 0 bridgehead atoms. The van der Waals surface area contributed by atoms with Crippen LogP contribution in [-0.2, 0) is 10.0 Å².